The first-order valence-electron chi connectivity index (χ1n) is 7.45. The number of aryl methyl sites for hydroxylation is 1. The van der Waals surface area contributed by atoms with E-state index in [1.807, 2.05) is 33.8 Å². The number of benzene rings is 1. The third-order valence-electron chi connectivity index (χ3n) is 5.88. The van der Waals surface area contributed by atoms with Crippen molar-refractivity contribution in [2.24, 2.45) is 10.8 Å². The van der Waals surface area contributed by atoms with Crippen LogP contribution in [0, 0.1) is 17.8 Å². The highest BCUT2D eigenvalue weighted by Gasteiger charge is 2.75. The van der Waals surface area contributed by atoms with Crippen molar-refractivity contribution in [3.8, 4) is 0 Å². The summed E-state index contributed by atoms with van der Waals surface area (Å²) >= 11 is 6.10. The van der Waals surface area contributed by atoms with Crippen molar-refractivity contribution in [2.75, 3.05) is 5.32 Å². The average molecular weight is 322 g/mol. The Kier molecular flexibility index (Phi) is 3.12. The quantitative estimate of drug-likeness (QED) is 0.845. The molecule has 0 unspecified atom stereocenters. The van der Waals surface area contributed by atoms with Gasteiger partial charge >= 0.3 is 5.97 Å². The molecule has 2 fully saturated rings. The van der Waals surface area contributed by atoms with E-state index in [1.165, 1.54) is 0 Å². The Bertz CT molecular complexity index is 684. The van der Waals surface area contributed by atoms with Gasteiger partial charge in [0.2, 0.25) is 0 Å². The van der Waals surface area contributed by atoms with Crippen molar-refractivity contribution in [3.63, 3.8) is 0 Å². The predicted molar refractivity (Wildman–Crippen MR) is 84.8 cm³/mol. The van der Waals surface area contributed by atoms with E-state index < -0.39 is 16.4 Å². The summed E-state index contributed by atoms with van der Waals surface area (Å²) in [6.45, 7) is 7.66. The molecule has 2 bridgehead atoms. The number of rotatable bonds is 2. The fourth-order valence-corrected chi connectivity index (χ4v) is 3.83. The van der Waals surface area contributed by atoms with Gasteiger partial charge in [0.1, 0.15) is 0 Å². The average Bonchev–Trinajstić information content (AvgIpc) is 2.73. The molecule has 1 heterocycles. The summed E-state index contributed by atoms with van der Waals surface area (Å²) in [6, 6.07) is 5.36. The molecule has 1 N–H and O–H groups in total. The van der Waals surface area contributed by atoms with Crippen LogP contribution in [0.4, 0.5) is 5.69 Å². The maximum Gasteiger partial charge on any atom is 0.313 e. The molecule has 2 atom stereocenters. The van der Waals surface area contributed by atoms with Gasteiger partial charge in [-0.15, -0.1) is 0 Å². The summed E-state index contributed by atoms with van der Waals surface area (Å²) in [5.41, 5.74) is -0.692. The van der Waals surface area contributed by atoms with Gasteiger partial charge in [0.15, 0.2) is 5.60 Å². The van der Waals surface area contributed by atoms with E-state index in [9.17, 15) is 9.59 Å². The van der Waals surface area contributed by atoms with Crippen molar-refractivity contribution < 1.29 is 14.3 Å². The molecular formula is C17H20ClNO3. The highest BCUT2D eigenvalue weighted by molar-refractivity contribution is 6.31. The van der Waals surface area contributed by atoms with E-state index in [1.54, 1.807) is 12.1 Å². The number of ether oxygens (including phenoxy) is 1. The first kappa shape index (κ1) is 15.3. The molecular weight excluding hydrogens is 302 g/mol. The zero-order valence-electron chi connectivity index (χ0n) is 13.2. The fraction of sp³-hybridized carbons (Fsp3) is 0.529. The zero-order chi connectivity index (χ0) is 16.3. The van der Waals surface area contributed by atoms with Crippen LogP contribution in [0.1, 0.15) is 39.2 Å². The lowest BCUT2D eigenvalue weighted by Crippen LogP contribution is -2.50. The van der Waals surface area contributed by atoms with Crippen LogP contribution in [0.3, 0.4) is 0 Å². The van der Waals surface area contributed by atoms with Gasteiger partial charge in [-0.25, -0.2) is 0 Å². The Balaban J connectivity index is 1.92. The largest absolute Gasteiger partial charge is 0.448 e. The number of carbonyl (C=O) groups is 2. The number of amides is 1. The van der Waals surface area contributed by atoms with Crippen molar-refractivity contribution in [1.29, 1.82) is 0 Å². The van der Waals surface area contributed by atoms with E-state index >= 15 is 0 Å². The Hall–Kier alpha value is -1.55. The summed E-state index contributed by atoms with van der Waals surface area (Å²) in [5, 5.41) is 3.46. The van der Waals surface area contributed by atoms with Crippen molar-refractivity contribution >= 4 is 29.2 Å². The Labute approximate surface area is 135 Å². The topological polar surface area (TPSA) is 55.4 Å². The van der Waals surface area contributed by atoms with Gasteiger partial charge in [-0.1, -0.05) is 31.5 Å². The van der Waals surface area contributed by atoms with E-state index in [0.717, 1.165) is 5.56 Å². The normalized spacial score (nSPS) is 32.0. The standard InChI is InChI=1S/C17H20ClNO3/c1-10-5-6-11(9-12(10)18)19-13(20)17-8-7-16(4,14(21)22-17)15(17,2)3/h5-6,9H,7-8H2,1-4H3,(H,19,20)/t16-,17-/m0/s1. The van der Waals surface area contributed by atoms with Gasteiger partial charge in [-0.2, -0.15) is 0 Å². The number of hydrogen-bond donors (Lipinski definition) is 1. The molecule has 1 saturated carbocycles. The lowest BCUT2D eigenvalue weighted by Gasteiger charge is -2.35. The van der Waals surface area contributed by atoms with Gasteiger partial charge in [-0.05, 0) is 44.4 Å². The maximum atomic E-state index is 12.9. The van der Waals surface area contributed by atoms with Crippen LogP contribution >= 0.6 is 11.6 Å². The van der Waals surface area contributed by atoms with Crippen LogP contribution in [0.5, 0.6) is 0 Å². The molecule has 1 aromatic rings. The monoisotopic (exact) mass is 321 g/mol. The lowest BCUT2D eigenvalue weighted by molar-refractivity contribution is -0.165. The molecule has 5 heteroatoms. The SMILES string of the molecule is Cc1ccc(NC(=O)[C@]23CC[C@@](C)(C(=O)O2)C3(C)C)cc1Cl. The van der Waals surface area contributed by atoms with Crippen LogP contribution in [-0.4, -0.2) is 17.5 Å². The molecule has 1 aliphatic heterocycles. The lowest BCUT2D eigenvalue weighted by atomic mass is 9.66. The smallest absolute Gasteiger partial charge is 0.313 e. The summed E-state index contributed by atoms with van der Waals surface area (Å²) in [6.07, 6.45) is 1.22. The minimum absolute atomic E-state index is 0.271. The molecule has 2 aliphatic rings. The number of esters is 1. The second-order valence-electron chi connectivity index (χ2n) is 7.09. The number of nitrogens with one attached hydrogen (secondary N) is 1. The molecule has 1 saturated heterocycles. The fourth-order valence-electron chi connectivity index (χ4n) is 3.65. The van der Waals surface area contributed by atoms with Gasteiger partial charge < -0.3 is 10.1 Å². The number of fused-ring (bicyclic) bond motifs is 2. The number of hydrogen-bond acceptors (Lipinski definition) is 3. The number of halogens is 1. The van der Waals surface area contributed by atoms with Gasteiger partial charge in [0, 0.05) is 16.1 Å². The summed E-state index contributed by atoms with van der Waals surface area (Å²) in [5.74, 6) is -0.548. The highest BCUT2D eigenvalue weighted by atomic mass is 35.5. The van der Waals surface area contributed by atoms with Crippen molar-refractivity contribution in [3.05, 3.63) is 28.8 Å². The summed E-state index contributed by atoms with van der Waals surface area (Å²) < 4.78 is 5.57. The molecule has 0 radical (unpaired) electrons. The summed E-state index contributed by atoms with van der Waals surface area (Å²) in [4.78, 5) is 25.1. The zero-order valence-corrected chi connectivity index (χ0v) is 14.0. The van der Waals surface area contributed by atoms with E-state index in [2.05, 4.69) is 5.32 Å². The maximum absolute atomic E-state index is 12.9. The molecule has 1 amide bonds. The van der Waals surface area contributed by atoms with E-state index in [0.29, 0.717) is 23.6 Å². The summed E-state index contributed by atoms with van der Waals surface area (Å²) in [7, 11) is 0. The first-order valence-corrected chi connectivity index (χ1v) is 7.83. The first-order chi connectivity index (χ1) is 10.1. The molecule has 1 aliphatic carbocycles. The van der Waals surface area contributed by atoms with Gasteiger partial charge in [0.05, 0.1) is 5.41 Å². The molecule has 0 aromatic heterocycles. The van der Waals surface area contributed by atoms with Gasteiger partial charge in [-0.3, -0.25) is 9.59 Å². The van der Waals surface area contributed by atoms with Crippen molar-refractivity contribution in [1.82, 2.24) is 0 Å². The van der Waals surface area contributed by atoms with Crippen LogP contribution < -0.4 is 5.32 Å². The number of anilines is 1. The minimum atomic E-state index is -1.10. The van der Waals surface area contributed by atoms with Crippen molar-refractivity contribution in [2.45, 2.75) is 46.1 Å². The highest BCUT2D eigenvalue weighted by Crippen LogP contribution is 2.65. The third kappa shape index (κ3) is 1.70. The molecule has 22 heavy (non-hydrogen) atoms. The second-order valence-corrected chi connectivity index (χ2v) is 7.50. The van der Waals surface area contributed by atoms with Gasteiger partial charge in [0.25, 0.3) is 5.91 Å². The van der Waals surface area contributed by atoms with Crippen LogP contribution in [0.25, 0.3) is 0 Å². The third-order valence-corrected chi connectivity index (χ3v) is 6.29. The molecule has 118 valence electrons. The predicted octanol–water partition coefficient (Wildman–Crippen LogP) is 3.71. The second kappa shape index (κ2) is 4.48. The minimum Gasteiger partial charge on any atom is -0.448 e. The molecule has 3 rings (SSSR count). The molecule has 0 spiro atoms. The van der Waals surface area contributed by atoms with Crippen LogP contribution in [0.15, 0.2) is 18.2 Å². The molecule has 4 nitrogen and oxygen atoms in total. The Morgan fingerprint density at radius 3 is 2.45 bits per heavy atom. The van der Waals surface area contributed by atoms with E-state index in [-0.39, 0.29) is 11.9 Å². The van der Waals surface area contributed by atoms with Crippen LogP contribution in [-0.2, 0) is 14.3 Å². The molecule has 1 aromatic carbocycles. The van der Waals surface area contributed by atoms with E-state index in [4.69, 9.17) is 16.3 Å². The number of carbonyl (C=O) groups excluding carboxylic acids is 2. The Morgan fingerprint density at radius 1 is 1.27 bits per heavy atom. The van der Waals surface area contributed by atoms with Crippen LogP contribution in [0.2, 0.25) is 5.02 Å². The Morgan fingerprint density at radius 2 is 1.95 bits per heavy atom.